The van der Waals surface area contributed by atoms with Gasteiger partial charge in [-0.2, -0.15) is 0 Å². The maximum atomic E-state index is 13.2. The molecule has 0 bridgehead atoms. The fourth-order valence-corrected chi connectivity index (χ4v) is 3.78. The van der Waals surface area contributed by atoms with Crippen LogP contribution < -0.4 is 11.1 Å². The van der Waals surface area contributed by atoms with Crippen LogP contribution in [0.1, 0.15) is 48.1 Å². The lowest BCUT2D eigenvalue weighted by atomic mass is 9.92. The van der Waals surface area contributed by atoms with Gasteiger partial charge in [-0.25, -0.2) is 0 Å². The first kappa shape index (κ1) is 20.1. The number of carbonyl (C=O) groups excluding carboxylic acids is 2. The second-order valence-corrected chi connectivity index (χ2v) is 7.48. The molecule has 1 heterocycles. The number of piperidine rings is 1. The minimum atomic E-state index is -0.338. The standard InChI is InChI=1S/C23H29N3O2/c1-17(21(24)18-10-4-2-5-11-18)23(28)26-15-9-8-14-20(26)16-25-22(27)19-12-6-3-7-13-19/h2-7,10-13,17,20-21H,8-9,14-16,24H2,1H3,(H,25,27). The molecule has 2 aromatic rings. The first-order valence-electron chi connectivity index (χ1n) is 10.0. The molecule has 0 aromatic heterocycles. The van der Waals surface area contributed by atoms with Crippen molar-refractivity contribution in [3.63, 3.8) is 0 Å². The number of hydrogen-bond donors (Lipinski definition) is 2. The van der Waals surface area contributed by atoms with E-state index in [0.29, 0.717) is 12.1 Å². The van der Waals surface area contributed by atoms with Crippen LogP contribution in [0.5, 0.6) is 0 Å². The topological polar surface area (TPSA) is 75.4 Å². The van der Waals surface area contributed by atoms with Gasteiger partial charge in [-0.15, -0.1) is 0 Å². The third-order valence-electron chi connectivity index (χ3n) is 5.56. The number of likely N-dealkylation sites (tertiary alicyclic amines) is 1. The molecule has 28 heavy (non-hydrogen) atoms. The van der Waals surface area contributed by atoms with E-state index in [1.807, 2.05) is 60.4 Å². The van der Waals surface area contributed by atoms with Gasteiger partial charge in [0.2, 0.25) is 5.91 Å². The van der Waals surface area contributed by atoms with E-state index in [1.165, 1.54) is 0 Å². The van der Waals surface area contributed by atoms with E-state index < -0.39 is 0 Å². The molecule has 0 spiro atoms. The quantitative estimate of drug-likeness (QED) is 0.810. The molecule has 1 saturated heterocycles. The zero-order valence-corrected chi connectivity index (χ0v) is 16.4. The monoisotopic (exact) mass is 379 g/mol. The predicted molar refractivity (Wildman–Crippen MR) is 111 cm³/mol. The summed E-state index contributed by atoms with van der Waals surface area (Å²) in [6.07, 6.45) is 2.95. The summed E-state index contributed by atoms with van der Waals surface area (Å²) in [6, 6.07) is 18.6. The van der Waals surface area contributed by atoms with Crippen LogP contribution in [-0.4, -0.2) is 35.8 Å². The molecule has 1 fully saturated rings. The largest absolute Gasteiger partial charge is 0.350 e. The van der Waals surface area contributed by atoms with Crippen LogP contribution in [0.2, 0.25) is 0 Å². The molecule has 2 aromatic carbocycles. The molecule has 1 aliphatic rings. The number of carbonyl (C=O) groups is 2. The van der Waals surface area contributed by atoms with Gasteiger partial charge in [0.05, 0.1) is 5.92 Å². The van der Waals surface area contributed by atoms with Crippen LogP contribution in [0.25, 0.3) is 0 Å². The van der Waals surface area contributed by atoms with E-state index in [-0.39, 0.29) is 29.8 Å². The normalized spacial score (nSPS) is 18.9. The lowest BCUT2D eigenvalue weighted by Crippen LogP contribution is -2.52. The van der Waals surface area contributed by atoms with Gasteiger partial charge in [-0.3, -0.25) is 9.59 Å². The van der Waals surface area contributed by atoms with Crippen LogP contribution in [0.3, 0.4) is 0 Å². The molecule has 3 N–H and O–H groups in total. The second kappa shape index (κ2) is 9.51. The Hall–Kier alpha value is -2.66. The van der Waals surface area contributed by atoms with Gasteiger partial charge in [-0.1, -0.05) is 55.5 Å². The number of nitrogens with two attached hydrogens (primary N) is 1. The highest BCUT2D eigenvalue weighted by Gasteiger charge is 2.32. The van der Waals surface area contributed by atoms with Crippen molar-refractivity contribution in [2.45, 2.75) is 38.3 Å². The fraction of sp³-hybridized carbons (Fsp3) is 0.391. The van der Waals surface area contributed by atoms with E-state index >= 15 is 0 Å². The van der Waals surface area contributed by atoms with Crippen LogP contribution in [0.15, 0.2) is 60.7 Å². The fourth-order valence-electron chi connectivity index (χ4n) is 3.78. The first-order valence-corrected chi connectivity index (χ1v) is 10.0. The van der Waals surface area contributed by atoms with Crippen molar-refractivity contribution >= 4 is 11.8 Å². The molecule has 1 aliphatic heterocycles. The molecule has 0 radical (unpaired) electrons. The van der Waals surface area contributed by atoms with Gasteiger partial charge in [0.1, 0.15) is 0 Å². The van der Waals surface area contributed by atoms with Crippen molar-refractivity contribution in [2.75, 3.05) is 13.1 Å². The zero-order chi connectivity index (χ0) is 19.9. The Morgan fingerprint density at radius 2 is 1.71 bits per heavy atom. The molecule has 2 amide bonds. The third-order valence-corrected chi connectivity index (χ3v) is 5.56. The van der Waals surface area contributed by atoms with Gasteiger partial charge in [-0.05, 0) is 37.0 Å². The van der Waals surface area contributed by atoms with Gasteiger partial charge in [0.15, 0.2) is 0 Å². The summed E-state index contributed by atoms with van der Waals surface area (Å²) in [5, 5.41) is 2.99. The highest BCUT2D eigenvalue weighted by Crippen LogP contribution is 2.25. The van der Waals surface area contributed by atoms with Crippen LogP contribution in [-0.2, 0) is 4.79 Å². The van der Waals surface area contributed by atoms with Gasteiger partial charge >= 0.3 is 0 Å². The van der Waals surface area contributed by atoms with Crippen LogP contribution in [0, 0.1) is 5.92 Å². The third kappa shape index (κ3) is 4.78. The Bertz CT molecular complexity index is 779. The number of nitrogens with one attached hydrogen (secondary N) is 1. The summed E-state index contributed by atoms with van der Waals surface area (Å²) in [5.41, 5.74) is 7.97. The number of amides is 2. The maximum Gasteiger partial charge on any atom is 0.251 e. The Kier molecular flexibility index (Phi) is 6.82. The average Bonchev–Trinajstić information content (AvgIpc) is 2.77. The van der Waals surface area contributed by atoms with Crippen molar-refractivity contribution < 1.29 is 9.59 Å². The minimum absolute atomic E-state index is 0.0133. The molecule has 148 valence electrons. The van der Waals surface area contributed by atoms with Gasteiger partial charge < -0.3 is 16.0 Å². The van der Waals surface area contributed by atoms with Gasteiger partial charge in [0.25, 0.3) is 5.91 Å². The van der Waals surface area contributed by atoms with E-state index in [0.717, 1.165) is 31.4 Å². The Balaban J connectivity index is 1.63. The maximum absolute atomic E-state index is 13.2. The van der Waals surface area contributed by atoms with Crippen molar-refractivity contribution in [1.82, 2.24) is 10.2 Å². The molecule has 5 nitrogen and oxygen atoms in total. The highest BCUT2D eigenvalue weighted by atomic mass is 16.2. The number of rotatable bonds is 6. The molecule has 3 unspecified atom stereocenters. The van der Waals surface area contributed by atoms with Crippen molar-refractivity contribution in [2.24, 2.45) is 11.7 Å². The lowest BCUT2D eigenvalue weighted by molar-refractivity contribution is -0.139. The zero-order valence-electron chi connectivity index (χ0n) is 16.4. The molecule has 3 rings (SSSR count). The molecular weight excluding hydrogens is 350 g/mol. The minimum Gasteiger partial charge on any atom is -0.350 e. The Labute approximate surface area is 166 Å². The van der Waals surface area contributed by atoms with Gasteiger partial charge in [0, 0.05) is 30.7 Å². The SMILES string of the molecule is CC(C(=O)N1CCCCC1CNC(=O)c1ccccc1)C(N)c1ccccc1. The van der Waals surface area contributed by atoms with Crippen molar-refractivity contribution in [3.05, 3.63) is 71.8 Å². The van der Waals surface area contributed by atoms with E-state index in [4.69, 9.17) is 5.73 Å². The lowest BCUT2D eigenvalue weighted by Gasteiger charge is -2.38. The summed E-state index contributed by atoms with van der Waals surface area (Å²) >= 11 is 0. The van der Waals surface area contributed by atoms with Crippen LogP contribution >= 0.6 is 0 Å². The number of hydrogen-bond acceptors (Lipinski definition) is 3. The van der Waals surface area contributed by atoms with E-state index in [1.54, 1.807) is 12.1 Å². The molecule has 5 heteroatoms. The first-order chi connectivity index (χ1) is 13.6. The average molecular weight is 380 g/mol. The molecule has 0 saturated carbocycles. The van der Waals surface area contributed by atoms with Crippen LogP contribution in [0.4, 0.5) is 0 Å². The molecule has 0 aliphatic carbocycles. The second-order valence-electron chi connectivity index (χ2n) is 7.48. The molecule has 3 atom stereocenters. The van der Waals surface area contributed by atoms with E-state index in [2.05, 4.69) is 5.32 Å². The van der Waals surface area contributed by atoms with E-state index in [9.17, 15) is 9.59 Å². The summed E-state index contributed by atoms with van der Waals surface area (Å²) in [5.74, 6) is -0.351. The highest BCUT2D eigenvalue weighted by molar-refractivity contribution is 5.94. The Morgan fingerprint density at radius 3 is 2.39 bits per heavy atom. The summed E-state index contributed by atoms with van der Waals surface area (Å²) < 4.78 is 0. The molecular formula is C23H29N3O2. The van der Waals surface area contributed by atoms with Crippen molar-refractivity contribution in [3.8, 4) is 0 Å². The number of nitrogens with zero attached hydrogens (tertiary/aromatic N) is 1. The summed E-state index contributed by atoms with van der Waals surface area (Å²) in [6.45, 7) is 3.08. The smallest absolute Gasteiger partial charge is 0.251 e. The Morgan fingerprint density at radius 1 is 1.07 bits per heavy atom. The van der Waals surface area contributed by atoms with Crippen molar-refractivity contribution in [1.29, 1.82) is 0 Å². The predicted octanol–water partition coefficient (Wildman–Crippen LogP) is 3.13. The number of benzene rings is 2. The summed E-state index contributed by atoms with van der Waals surface area (Å²) in [4.78, 5) is 27.4. The summed E-state index contributed by atoms with van der Waals surface area (Å²) in [7, 11) is 0.